The van der Waals surface area contributed by atoms with Crippen LogP contribution in [0.25, 0.3) is 5.69 Å². The van der Waals surface area contributed by atoms with Gasteiger partial charge in [0, 0.05) is 19.8 Å². The number of carbonyl (C=O) groups excluding carboxylic acids is 1. The average Bonchev–Trinajstić information content (AvgIpc) is 3.03. The summed E-state index contributed by atoms with van der Waals surface area (Å²) in [5, 5.41) is 7.07. The molecule has 28 heavy (non-hydrogen) atoms. The van der Waals surface area contributed by atoms with Gasteiger partial charge in [-0.15, -0.1) is 0 Å². The smallest absolute Gasteiger partial charge is 0.259 e. The molecule has 2 aromatic carbocycles. The zero-order valence-corrected chi connectivity index (χ0v) is 17.0. The molecule has 1 amide bonds. The predicted molar refractivity (Wildman–Crippen MR) is 108 cm³/mol. The second kappa shape index (κ2) is 7.57. The summed E-state index contributed by atoms with van der Waals surface area (Å²) in [4.78, 5) is 12.8. The average molecular weight is 398 g/mol. The third-order valence-corrected chi connectivity index (χ3v) is 6.18. The molecule has 7 nitrogen and oxygen atoms in total. The number of benzene rings is 2. The number of anilines is 1. The van der Waals surface area contributed by atoms with Gasteiger partial charge >= 0.3 is 0 Å². The molecule has 0 spiro atoms. The quantitative estimate of drug-likeness (QED) is 0.716. The Morgan fingerprint density at radius 3 is 2.46 bits per heavy atom. The Labute approximate surface area is 164 Å². The summed E-state index contributed by atoms with van der Waals surface area (Å²) in [6.45, 7) is 3.81. The van der Waals surface area contributed by atoms with Gasteiger partial charge in [0.25, 0.3) is 5.91 Å². The lowest BCUT2D eigenvalue weighted by atomic mass is 10.2. The van der Waals surface area contributed by atoms with Crippen molar-refractivity contribution in [3.8, 4) is 5.69 Å². The maximum atomic E-state index is 12.7. The van der Waals surface area contributed by atoms with Crippen LogP contribution >= 0.6 is 0 Å². The van der Waals surface area contributed by atoms with E-state index in [0.717, 1.165) is 15.6 Å². The number of aromatic nitrogens is 2. The lowest BCUT2D eigenvalue weighted by Crippen LogP contribution is -2.22. The van der Waals surface area contributed by atoms with Crippen LogP contribution in [0.4, 0.5) is 5.69 Å². The van der Waals surface area contributed by atoms with Gasteiger partial charge in [-0.05, 0) is 49.7 Å². The third-order valence-electron chi connectivity index (χ3n) is 4.37. The van der Waals surface area contributed by atoms with Crippen LogP contribution in [-0.4, -0.2) is 42.5 Å². The normalized spacial score (nSPS) is 11.6. The number of hydrogen-bond acceptors (Lipinski definition) is 4. The van der Waals surface area contributed by atoms with Crippen LogP contribution in [0.15, 0.2) is 59.6 Å². The molecular formula is C20H22N4O3S. The van der Waals surface area contributed by atoms with Crippen molar-refractivity contribution in [3.63, 3.8) is 0 Å². The van der Waals surface area contributed by atoms with Crippen molar-refractivity contribution in [3.05, 3.63) is 71.5 Å². The molecule has 0 saturated carbocycles. The van der Waals surface area contributed by atoms with E-state index in [1.54, 1.807) is 16.8 Å². The lowest BCUT2D eigenvalue weighted by molar-refractivity contribution is 0.102. The highest BCUT2D eigenvalue weighted by atomic mass is 32.2. The first-order chi connectivity index (χ1) is 13.2. The van der Waals surface area contributed by atoms with Gasteiger partial charge in [0.05, 0.1) is 28.0 Å². The zero-order valence-electron chi connectivity index (χ0n) is 16.2. The summed E-state index contributed by atoms with van der Waals surface area (Å²) in [5.74, 6) is -0.351. The molecule has 0 fully saturated rings. The molecule has 0 aliphatic carbocycles. The minimum atomic E-state index is -3.58. The minimum absolute atomic E-state index is 0.113. The van der Waals surface area contributed by atoms with E-state index in [1.165, 1.54) is 32.4 Å². The molecule has 0 bridgehead atoms. The van der Waals surface area contributed by atoms with Gasteiger partial charge < -0.3 is 5.32 Å². The first kappa shape index (κ1) is 19.8. The van der Waals surface area contributed by atoms with Gasteiger partial charge in [-0.3, -0.25) is 4.79 Å². The molecule has 146 valence electrons. The number of nitrogens with one attached hydrogen (secondary N) is 1. The first-order valence-electron chi connectivity index (χ1n) is 8.66. The van der Waals surface area contributed by atoms with E-state index in [1.807, 2.05) is 38.1 Å². The van der Waals surface area contributed by atoms with Crippen LogP contribution in [0.2, 0.25) is 0 Å². The Hall–Kier alpha value is -2.97. The molecule has 0 saturated heterocycles. The Morgan fingerprint density at radius 1 is 1.07 bits per heavy atom. The molecule has 0 atom stereocenters. The van der Waals surface area contributed by atoms with Crippen molar-refractivity contribution in [2.45, 2.75) is 18.7 Å². The summed E-state index contributed by atoms with van der Waals surface area (Å²) in [7, 11) is -0.655. The number of hydrogen-bond donors (Lipinski definition) is 1. The molecule has 8 heteroatoms. The molecule has 3 rings (SSSR count). The largest absolute Gasteiger partial charge is 0.322 e. The second-order valence-corrected chi connectivity index (χ2v) is 8.82. The van der Waals surface area contributed by atoms with E-state index in [0.29, 0.717) is 16.9 Å². The molecule has 1 N–H and O–H groups in total. The fraction of sp³-hybridized carbons (Fsp3) is 0.200. The van der Waals surface area contributed by atoms with Crippen molar-refractivity contribution in [1.29, 1.82) is 0 Å². The van der Waals surface area contributed by atoms with Crippen LogP contribution in [-0.2, 0) is 10.0 Å². The molecular weight excluding hydrogens is 376 g/mol. The van der Waals surface area contributed by atoms with Crippen molar-refractivity contribution in [1.82, 2.24) is 14.1 Å². The van der Waals surface area contributed by atoms with Crippen molar-refractivity contribution < 1.29 is 13.2 Å². The highest BCUT2D eigenvalue weighted by Gasteiger charge is 2.19. The van der Waals surface area contributed by atoms with Crippen molar-refractivity contribution in [2.75, 3.05) is 19.4 Å². The molecule has 3 aromatic rings. The van der Waals surface area contributed by atoms with Gasteiger partial charge in [0.2, 0.25) is 10.0 Å². The van der Waals surface area contributed by atoms with Crippen molar-refractivity contribution in [2.24, 2.45) is 0 Å². The van der Waals surface area contributed by atoms with Crippen molar-refractivity contribution >= 4 is 21.6 Å². The van der Waals surface area contributed by atoms with E-state index in [-0.39, 0.29) is 10.8 Å². The summed E-state index contributed by atoms with van der Waals surface area (Å²) in [5.41, 5.74) is 3.48. The SMILES string of the molecule is Cc1cccc(-n2ncc(C(=O)Nc3cccc(S(=O)(=O)N(C)C)c3)c2C)c1. The summed E-state index contributed by atoms with van der Waals surface area (Å²) in [6.07, 6.45) is 1.51. The highest BCUT2D eigenvalue weighted by molar-refractivity contribution is 7.89. The maximum absolute atomic E-state index is 12.7. The van der Waals surface area contributed by atoms with Gasteiger partial charge in [-0.2, -0.15) is 5.10 Å². The molecule has 0 aliphatic heterocycles. The molecule has 1 heterocycles. The third kappa shape index (κ3) is 3.83. The van der Waals surface area contributed by atoms with Gasteiger partial charge in [-0.25, -0.2) is 17.4 Å². The Balaban J connectivity index is 1.87. The van der Waals surface area contributed by atoms with E-state index < -0.39 is 10.0 Å². The molecule has 0 unspecified atom stereocenters. The maximum Gasteiger partial charge on any atom is 0.259 e. The van der Waals surface area contributed by atoms with E-state index in [2.05, 4.69) is 10.4 Å². The predicted octanol–water partition coefficient (Wildman–Crippen LogP) is 2.99. The Kier molecular flexibility index (Phi) is 5.35. The summed E-state index contributed by atoms with van der Waals surface area (Å²) in [6, 6.07) is 14.0. The fourth-order valence-electron chi connectivity index (χ4n) is 2.80. The second-order valence-electron chi connectivity index (χ2n) is 6.66. The van der Waals surface area contributed by atoms with E-state index in [4.69, 9.17) is 0 Å². The number of amides is 1. The number of carbonyl (C=O) groups is 1. The number of sulfonamides is 1. The highest BCUT2D eigenvalue weighted by Crippen LogP contribution is 2.20. The van der Waals surface area contributed by atoms with E-state index >= 15 is 0 Å². The summed E-state index contributed by atoms with van der Waals surface area (Å²) < 4.78 is 27.4. The number of rotatable bonds is 5. The van der Waals surface area contributed by atoms with Gasteiger partial charge in [0.15, 0.2) is 0 Å². The number of aryl methyl sites for hydroxylation is 1. The topological polar surface area (TPSA) is 84.3 Å². The minimum Gasteiger partial charge on any atom is -0.322 e. The Bertz CT molecular complexity index is 1130. The van der Waals surface area contributed by atoms with Gasteiger partial charge in [-0.1, -0.05) is 18.2 Å². The zero-order chi connectivity index (χ0) is 20.5. The first-order valence-corrected chi connectivity index (χ1v) is 10.1. The Morgan fingerprint density at radius 2 is 1.79 bits per heavy atom. The standard InChI is InChI=1S/C20H22N4O3S/c1-14-7-5-9-17(11-14)24-15(2)19(13-21-24)20(25)22-16-8-6-10-18(12-16)28(26,27)23(3)4/h5-13H,1-4H3,(H,22,25). The molecule has 0 radical (unpaired) electrons. The monoisotopic (exact) mass is 398 g/mol. The van der Waals surface area contributed by atoms with Crippen LogP contribution in [0.5, 0.6) is 0 Å². The summed E-state index contributed by atoms with van der Waals surface area (Å²) >= 11 is 0. The fourth-order valence-corrected chi connectivity index (χ4v) is 3.74. The lowest BCUT2D eigenvalue weighted by Gasteiger charge is -2.12. The molecule has 1 aromatic heterocycles. The van der Waals surface area contributed by atoms with Gasteiger partial charge in [0.1, 0.15) is 0 Å². The van der Waals surface area contributed by atoms with Crippen LogP contribution in [0.3, 0.4) is 0 Å². The van der Waals surface area contributed by atoms with Crippen LogP contribution in [0.1, 0.15) is 21.6 Å². The van der Waals surface area contributed by atoms with E-state index in [9.17, 15) is 13.2 Å². The van der Waals surface area contributed by atoms with Crippen LogP contribution in [0, 0.1) is 13.8 Å². The molecule has 0 aliphatic rings. The van der Waals surface area contributed by atoms with Crippen LogP contribution < -0.4 is 5.32 Å². The number of nitrogens with zero attached hydrogens (tertiary/aromatic N) is 3.